The number of halogens is 1. The molecule has 0 saturated carbocycles. The molecule has 0 N–H and O–H groups in total. The predicted octanol–water partition coefficient (Wildman–Crippen LogP) is 2.74. The molecule has 3 heteroatoms. The van der Waals surface area contributed by atoms with Gasteiger partial charge in [-0.3, -0.25) is 0 Å². The van der Waals surface area contributed by atoms with E-state index in [0.29, 0.717) is 6.42 Å². The Labute approximate surface area is 82.7 Å². The molecule has 0 radical (unpaired) electrons. The van der Waals surface area contributed by atoms with E-state index in [-0.39, 0.29) is 5.92 Å². The van der Waals surface area contributed by atoms with Gasteiger partial charge in [0.1, 0.15) is 5.92 Å². The molecule has 1 aliphatic carbocycles. The summed E-state index contributed by atoms with van der Waals surface area (Å²) in [6, 6.07) is 3.92. The van der Waals surface area contributed by atoms with Crippen molar-refractivity contribution in [3.8, 4) is 12.1 Å². The SMILES string of the molecule is N#CC(C#N)CC1C=CC(Cl)=CC1. The van der Waals surface area contributed by atoms with Gasteiger partial charge in [0.05, 0.1) is 12.1 Å². The van der Waals surface area contributed by atoms with E-state index in [4.69, 9.17) is 22.1 Å². The first kappa shape index (κ1) is 9.84. The molecule has 1 aliphatic rings. The molecule has 0 aliphatic heterocycles. The van der Waals surface area contributed by atoms with Crippen molar-refractivity contribution in [2.45, 2.75) is 12.8 Å². The van der Waals surface area contributed by atoms with E-state index in [0.717, 1.165) is 11.5 Å². The molecule has 0 saturated heterocycles. The fraction of sp³-hybridized carbons (Fsp3) is 0.400. The van der Waals surface area contributed by atoms with Crippen LogP contribution in [0.5, 0.6) is 0 Å². The third kappa shape index (κ3) is 2.93. The van der Waals surface area contributed by atoms with Crippen molar-refractivity contribution in [3.63, 3.8) is 0 Å². The summed E-state index contributed by atoms with van der Waals surface area (Å²) in [5.41, 5.74) is 0. The molecule has 66 valence electrons. The van der Waals surface area contributed by atoms with Gasteiger partial charge in [0.25, 0.3) is 0 Å². The highest BCUT2D eigenvalue weighted by molar-refractivity contribution is 6.31. The lowest BCUT2D eigenvalue weighted by Gasteiger charge is -2.13. The first-order valence-electron chi connectivity index (χ1n) is 4.09. The summed E-state index contributed by atoms with van der Waals surface area (Å²) >= 11 is 5.73. The number of hydrogen-bond acceptors (Lipinski definition) is 2. The van der Waals surface area contributed by atoms with Crippen LogP contribution >= 0.6 is 11.6 Å². The quantitative estimate of drug-likeness (QED) is 0.676. The molecule has 1 atom stereocenters. The Hall–Kier alpha value is -1.25. The first-order valence-corrected chi connectivity index (χ1v) is 4.47. The van der Waals surface area contributed by atoms with Gasteiger partial charge < -0.3 is 0 Å². The van der Waals surface area contributed by atoms with Crippen LogP contribution in [0, 0.1) is 34.5 Å². The summed E-state index contributed by atoms with van der Waals surface area (Å²) in [4.78, 5) is 0. The van der Waals surface area contributed by atoms with Gasteiger partial charge in [0.15, 0.2) is 0 Å². The molecule has 0 spiro atoms. The third-order valence-electron chi connectivity index (χ3n) is 1.99. The highest BCUT2D eigenvalue weighted by Gasteiger charge is 2.14. The third-order valence-corrected chi connectivity index (χ3v) is 2.27. The number of nitriles is 2. The molecule has 2 nitrogen and oxygen atoms in total. The zero-order chi connectivity index (χ0) is 9.68. The summed E-state index contributed by atoms with van der Waals surface area (Å²) in [7, 11) is 0. The van der Waals surface area contributed by atoms with Crippen LogP contribution in [0.15, 0.2) is 23.3 Å². The van der Waals surface area contributed by atoms with Gasteiger partial charge in [-0.1, -0.05) is 23.8 Å². The van der Waals surface area contributed by atoms with Crippen LogP contribution in [0.3, 0.4) is 0 Å². The van der Waals surface area contributed by atoms with E-state index in [1.807, 2.05) is 30.4 Å². The molecule has 0 aromatic heterocycles. The Balaban J connectivity index is 2.47. The molecule has 13 heavy (non-hydrogen) atoms. The van der Waals surface area contributed by atoms with E-state index in [2.05, 4.69) is 0 Å². The highest BCUT2D eigenvalue weighted by atomic mass is 35.5. The smallest absolute Gasteiger partial charge is 0.133 e. The Morgan fingerprint density at radius 2 is 2.23 bits per heavy atom. The van der Waals surface area contributed by atoms with Crippen LogP contribution < -0.4 is 0 Å². The van der Waals surface area contributed by atoms with E-state index >= 15 is 0 Å². The lowest BCUT2D eigenvalue weighted by Crippen LogP contribution is -2.05. The number of hydrogen-bond donors (Lipinski definition) is 0. The van der Waals surface area contributed by atoms with E-state index in [1.54, 1.807) is 0 Å². The minimum absolute atomic E-state index is 0.284. The molecular weight excluding hydrogens is 184 g/mol. The average molecular weight is 193 g/mol. The van der Waals surface area contributed by atoms with Gasteiger partial charge in [-0.2, -0.15) is 10.5 Å². The van der Waals surface area contributed by atoms with E-state index < -0.39 is 5.92 Å². The fourth-order valence-corrected chi connectivity index (χ4v) is 1.41. The Morgan fingerprint density at radius 1 is 1.54 bits per heavy atom. The van der Waals surface area contributed by atoms with Crippen molar-refractivity contribution >= 4 is 11.6 Å². The van der Waals surface area contributed by atoms with Crippen molar-refractivity contribution in [1.29, 1.82) is 10.5 Å². The second-order valence-electron chi connectivity index (χ2n) is 2.99. The van der Waals surface area contributed by atoms with Crippen molar-refractivity contribution in [2.75, 3.05) is 0 Å². The van der Waals surface area contributed by atoms with Crippen LogP contribution in [0.2, 0.25) is 0 Å². The van der Waals surface area contributed by atoms with E-state index in [9.17, 15) is 0 Å². The molecule has 0 fully saturated rings. The highest BCUT2D eigenvalue weighted by Crippen LogP contribution is 2.23. The van der Waals surface area contributed by atoms with Crippen molar-refractivity contribution in [2.24, 2.45) is 11.8 Å². The van der Waals surface area contributed by atoms with Crippen molar-refractivity contribution in [1.82, 2.24) is 0 Å². The molecule has 0 amide bonds. The maximum Gasteiger partial charge on any atom is 0.133 e. The molecule has 1 rings (SSSR count). The maximum absolute atomic E-state index is 8.57. The lowest BCUT2D eigenvalue weighted by molar-refractivity contribution is 0.552. The predicted molar refractivity (Wildman–Crippen MR) is 50.5 cm³/mol. The Morgan fingerprint density at radius 3 is 2.69 bits per heavy atom. The van der Waals surface area contributed by atoms with Gasteiger partial charge >= 0.3 is 0 Å². The van der Waals surface area contributed by atoms with Gasteiger partial charge in [-0.25, -0.2) is 0 Å². The number of rotatable bonds is 2. The van der Waals surface area contributed by atoms with Crippen LogP contribution in [0.1, 0.15) is 12.8 Å². The van der Waals surface area contributed by atoms with Gasteiger partial charge in [0, 0.05) is 5.03 Å². The monoisotopic (exact) mass is 192 g/mol. The van der Waals surface area contributed by atoms with Crippen LogP contribution in [-0.2, 0) is 0 Å². The zero-order valence-electron chi connectivity index (χ0n) is 7.07. The molecule has 0 aromatic rings. The summed E-state index contributed by atoms with van der Waals surface area (Å²) in [6.07, 6.45) is 7.13. The lowest BCUT2D eigenvalue weighted by atomic mass is 9.91. The maximum atomic E-state index is 8.57. The average Bonchev–Trinajstić information content (AvgIpc) is 2.17. The minimum atomic E-state index is -0.500. The van der Waals surface area contributed by atoms with Crippen LogP contribution in [0.25, 0.3) is 0 Å². The minimum Gasteiger partial charge on any atom is -0.197 e. The van der Waals surface area contributed by atoms with Crippen molar-refractivity contribution < 1.29 is 0 Å². The normalized spacial score (nSPS) is 20.6. The van der Waals surface area contributed by atoms with Crippen LogP contribution in [-0.4, -0.2) is 0 Å². The Kier molecular flexibility index (Phi) is 3.55. The second-order valence-corrected chi connectivity index (χ2v) is 3.43. The molecule has 0 bridgehead atoms. The van der Waals surface area contributed by atoms with Crippen molar-refractivity contribution in [3.05, 3.63) is 23.3 Å². The molecule has 0 heterocycles. The number of allylic oxidation sites excluding steroid dienone is 4. The van der Waals surface area contributed by atoms with E-state index in [1.165, 1.54) is 0 Å². The summed E-state index contributed by atoms with van der Waals surface area (Å²) < 4.78 is 0. The molecule has 0 aromatic carbocycles. The van der Waals surface area contributed by atoms with Gasteiger partial charge in [0.2, 0.25) is 0 Å². The largest absolute Gasteiger partial charge is 0.197 e. The second kappa shape index (κ2) is 4.70. The van der Waals surface area contributed by atoms with Crippen LogP contribution in [0.4, 0.5) is 0 Å². The summed E-state index contributed by atoms with van der Waals surface area (Å²) in [6.45, 7) is 0. The zero-order valence-corrected chi connectivity index (χ0v) is 7.83. The topological polar surface area (TPSA) is 47.6 Å². The summed E-state index contributed by atoms with van der Waals surface area (Å²) in [5.74, 6) is -0.216. The van der Waals surface area contributed by atoms with Gasteiger partial charge in [-0.05, 0) is 24.8 Å². The molecular formula is C10H9ClN2. The fourth-order valence-electron chi connectivity index (χ4n) is 1.25. The summed E-state index contributed by atoms with van der Waals surface area (Å²) in [5, 5.41) is 17.9. The first-order chi connectivity index (χ1) is 6.26. The standard InChI is InChI=1S/C10H9ClN2/c11-10-3-1-8(2-4-10)5-9(6-12)7-13/h1,3-4,8-9H,2,5H2. The van der Waals surface area contributed by atoms with Gasteiger partial charge in [-0.15, -0.1) is 0 Å². The Bertz CT molecular complexity index is 303. The molecule has 1 unspecified atom stereocenters. The number of nitrogens with zero attached hydrogens (tertiary/aromatic N) is 2.